The summed E-state index contributed by atoms with van der Waals surface area (Å²) in [6.07, 6.45) is 9.09. The minimum Gasteiger partial charge on any atom is -0.480 e. The first-order chi connectivity index (χ1) is 23.6. The summed E-state index contributed by atoms with van der Waals surface area (Å²) < 4.78 is 13.3. The quantitative estimate of drug-likeness (QED) is 0.180. The van der Waals surface area contributed by atoms with Crippen molar-refractivity contribution >= 4 is 27.6 Å². The number of halogens is 1. The molecule has 0 spiro atoms. The van der Waals surface area contributed by atoms with E-state index < -0.39 is 0 Å². The lowest BCUT2D eigenvalue weighted by atomic mass is 10.0. The van der Waals surface area contributed by atoms with Crippen molar-refractivity contribution in [1.29, 1.82) is 0 Å². The van der Waals surface area contributed by atoms with E-state index in [1.165, 1.54) is 0 Å². The van der Waals surface area contributed by atoms with Crippen LogP contribution in [-0.2, 0) is 9.68 Å². The first-order valence-corrected chi connectivity index (χ1v) is 17.0. The van der Waals surface area contributed by atoms with Crippen molar-refractivity contribution in [3.05, 3.63) is 76.6 Å². The number of amidine groups is 2. The van der Waals surface area contributed by atoms with Crippen LogP contribution >= 0.6 is 15.9 Å². The number of ether oxygens (including phenoxy) is 2. The van der Waals surface area contributed by atoms with E-state index in [1.807, 2.05) is 48.9 Å². The third-order valence-corrected chi connectivity index (χ3v) is 7.75. The second-order valence-electron chi connectivity index (χ2n) is 12.4. The zero-order chi connectivity index (χ0) is 35.3. The molecule has 0 saturated heterocycles. The lowest BCUT2D eigenvalue weighted by molar-refractivity contribution is 0.0580. The monoisotopic (exact) mass is 754 g/mol. The highest BCUT2D eigenvalue weighted by Gasteiger charge is 2.21. The summed E-state index contributed by atoms with van der Waals surface area (Å²) in [5, 5.41) is 0. The van der Waals surface area contributed by atoms with Crippen LogP contribution in [0.1, 0.15) is 70.7 Å². The Labute approximate surface area is 303 Å². The molecule has 4 aromatic rings. The molecule has 50 heavy (non-hydrogen) atoms. The molecule has 0 aromatic carbocycles. The van der Waals surface area contributed by atoms with Gasteiger partial charge in [0.2, 0.25) is 11.8 Å². The van der Waals surface area contributed by atoms with Crippen LogP contribution < -0.4 is 20.4 Å². The van der Waals surface area contributed by atoms with Crippen LogP contribution in [0.5, 0.6) is 11.8 Å². The molecule has 272 valence electrons. The number of nitrogens with zero attached hydrogens (tertiary/aromatic N) is 7. The predicted octanol–water partition coefficient (Wildman–Crippen LogP) is 6.18. The minimum absolute atomic E-state index is 0. The van der Waals surface area contributed by atoms with Crippen LogP contribution in [-0.4, -0.2) is 80.7 Å². The average molecular weight is 756 g/mol. The number of nitrogens with one attached hydrogen (secondary N) is 3. The number of imidazole rings is 2. The van der Waals surface area contributed by atoms with E-state index in [0.29, 0.717) is 59.9 Å². The maximum absolute atomic E-state index is 5.46. The van der Waals surface area contributed by atoms with Gasteiger partial charge in [0.1, 0.15) is 17.1 Å². The molecule has 0 radical (unpaired) electrons. The second kappa shape index (κ2) is 19.7. The van der Waals surface area contributed by atoms with E-state index in [-0.39, 0.29) is 19.5 Å². The molecule has 0 bridgehead atoms. The molecule has 14 nitrogen and oxygen atoms in total. The molecule has 6 heterocycles. The van der Waals surface area contributed by atoms with Crippen LogP contribution in [0.15, 0.2) is 63.8 Å². The van der Waals surface area contributed by atoms with Gasteiger partial charge in [-0.2, -0.15) is 0 Å². The van der Waals surface area contributed by atoms with Gasteiger partial charge < -0.3 is 19.0 Å². The lowest BCUT2D eigenvalue weighted by Gasteiger charge is -2.23. The average Bonchev–Trinajstić information content (AvgIpc) is 3.75. The van der Waals surface area contributed by atoms with Gasteiger partial charge in [0.25, 0.3) is 0 Å². The second-order valence-corrected chi connectivity index (χ2v) is 13.3. The Hall–Kier alpha value is -4.34. The SMILES string of the molecule is C.COc1nc(C2=NC(CC(C)C)CON2)ccc1-n1cnc(C)c1.COc1nc(C2=NC(CC(C)C)CON2)ccc1Br.Cc1cnc[nH]1. The van der Waals surface area contributed by atoms with Crippen molar-refractivity contribution in [3.8, 4) is 17.4 Å². The third kappa shape index (κ3) is 11.9. The summed E-state index contributed by atoms with van der Waals surface area (Å²) in [6.45, 7) is 13.8. The Balaban J connectivity index is 0.000000232. The number of H-pyrrole nitrogens is 1. The summed E-state index contributed by atoms with van der Waals surface area (Å²) in [7, 11) is 3.19. The van der Waals surface area contributed by atoms with Crippen LogP contribution in [0, 0.1) is 25.7 Å². The molecule has 3 N–H and O–H groups in total. The van der Waals surface area contributed by atoms with Gasteiger partial charge in [-0.3, -0.25) is 19.7 Å². The third-order valence-electron chi connectivity index (χ3n) is 7.15. The fourth-order valence-electron chi connectivity index (χ4n) is 4.96. The molecule has 0 fully saturated rings. The number of hydrogen-bond donors (Lipinski definition) is 3. The van der Waals surface area contributed by atoms with Crippen LogP contribution in [0.2, 0.25) is 0 Å². The van der Waals surface area contributed by atoms with Crippen molar-refractivity contribution in [2.75, 3.05) is 27.4 Å². The number of pyridine rings is 2. The molecule has 2 aliphatic heterocycles. The van der Waals surface area contributed by atoms with E-state index in [4.69, 9.17) is 24.1 Å². The van der Waals surface area contributed by atoms with Gasteiger partial charge in [-0.25, -0.2) is 30.9 Å². The summed E-state index contributed by atoms with van der Waals surface area (Å²) >= 11 is 3.38. The number of aryl methyl sites for hydroxylation is 2. The number of rotatable bonds is 9. The molecule has 6 rings (SSSR count). The molecular weight excluding hydrogens is 704 g/mol. The Kier molecular flexibility index (Phi) is 15.8. The minimum atomic E-state index is 0. The number of aromatic amines is 1. The van der Waals surface area contributed by atoms with Gasteiger partial charge in [0.05, 0.1) is 62.3 Å². The summed E-state index contributed by atoms with van der Waals surface area (Å²) in [6, 6.07) is 7.92. The molecule has 2 atom stereocenters. The van der Waals surface area contributed by atoms with E-state index in [1.54, 1.807) is 33.1 Å². The van der Waals surface area contributed by atoms with E-state index >= 15 is 0 Å². The smallest absolute Gasteiger partial charge is 0.238 e. The summed E-state index contributed by atoms with van der Waals surface area (Å²) in [5.74, 6) is 3.50. The number of aromatic nitrogens is 6. The largest absolute Gasteiger partial charge is 0.480 e. The zero-order valence-electron chi connectivity index (χ0n) is 29.4. The highest BCUT2D eigenvalue weighted by Crippen LogP contribution is 2.24. The fraction of sp³-hybridized carbons (Fsp3) is 0.486. The molecule has 0 aliphatic carbocycles. The predicted molar refractivity (Wildman–Crippen MR) is 199 cm³/mol. The van der Waals surface area contributed by atoms with Gasteiger partial charge in [0.15, 0.2) is 11.7 Å². The van der Waals surface area contributed by atoms with Crippen LogP contribution in [0.4, 0.5) is 0 Å². The van der Waals surface area contributed by atoms with Gasteiger partial charge in [0, 0.05) is 18.1 Å². The Morgan fingerprint density at radius 2 is 1.42 bits per heavy atom. The molecule has 2 unspecified atom stereocenters. The van der Waals surface area contributed by atoms with E-state index in [2.05, 4.69) is 84.5 Å². The molecular formula is C35H51BrN10O4. The Morgan fingerprint density at radius 1 is 0.860 bits per heavy atom. The lowest BCUT2D eigenvalue weighted by Crippen LogP contribution is -2.36. The number of aliphatic imine (C=N–C) groups is 2. The number of hydroxylamine groups is 2. The zero-order valence-corrected chi connectivity index (χ0v) is 31.0. The van der Waals surface area contributed by atoms with Crippen molar-refractivity contribution in [2.24, 2.45) is 21.8 Å². The first kappa shape index (κ1) is 40.1. The first-order valence-electron chi connectivity index (χ1n) is 16.2. The molecule has 15 heteroatoms. The molecule has 2 aliphatic rings. The Bertz CT molecular complexity index is 1670. The van der Waals surface area contributed by atoms with Crippen molar-refractivity contribution in [2.45, 2.75) is 73.9 Å². The van der Waals surface area contributed by atoms with Crippen LogP contribution in [0.25, 0.3) is 5.69 Å². The highest BCUT2D eigenvalue weighted by molar-refractivity contribution is 9.10. The van der Waals surface area contributed by atoms with Gasteiger partial charge >= 0.3 is 0 Å². The van der Waals surface area contributed by atoms with E-state index in [9.17, 15) is 0 Å². The number of hydrogen-bond acceptors (Lipinski definition) is 12. The maximum atomic E-state index is 5.46. The van der Waals surface area contributed by atoms with Crippen LogP contribution in [0.3, 0.4) is 0 Å². The van der Waals surface area contributed by atoms with Gasteiger partial charge in [-0.15, -0.1) is 0 Å². The van der Waals surface area contributed by atoms with Crippen molar-refractivity contribution in [1.82, 2.24) is 40.4 Å². The standard InChI is InChI=1S/C17H23N5O2.C13H18BrN3O2.C4H6N2.CH4/c1-11(2)7-13-9-24-21-16(19-13)14-5-6-15(17(20-14)23-4)22-8-12(3)18-10-22;1-8(2)6-9-7-19-17-12(15-9)11-5-4-10(14)13(16-11)18-3;1-4-2-5-3-6-4;/h5-6,8,10-11,13H,7,9H2,1-4H3,(H,19,21);4-5,8-9H,6-7H2,1-3H3,(H,15,17);2-3H,1H3,(H,5,6);1H4. The van der Waals surface area contributed by atoms with Crippen molar-refractivity contribution in [3.63, 3.8) is 0 Å². The van der Waals surface area contributed by atoms with Crippen molar-refractivity contribution < 1.29 is 19.1 Å². The van der Waals surface area contributed by atoms with E-state index in [0.717, 1.165) is 34.4 Å². The highest BCUT2D eigenvalue weighted by atomic mass is 79.9. The molecule has 0 amide bonds. The Morgan fingerprint density at radius 3 is 1.86 bits per heavy atom. The molecule has 0 saturated carbocycles. The van der Waals surface area contributed by atoms with Gasteiger partial charge in [-0.1, -0.05) is 35.1 Å². The topological polar surface area (TPSA) is 158 Å². The van der Waals surface area contributed by atoms with Gasteiger partial charge in [-0.05, 0) is 78.7 Å². The summed E-state index contributed by atoms with van der Waals surface area (Å²) in [4.78, 5) is 40.1. The fourth-order valence-corrected chi connectivity index (χ4v) is 5.34. The normalized spacial score (nSPS) is 16.7. The maximum Gasteiger partial charge on any atom is 0.238 e. The molecule has 4 aromatic heterocycles. The summed E-state index contributed by atoms with van der Waals surface area (Å²) in [5.41, 5.74) is 9.98. The number of methoxy groups -OCH3 is 2.